The van der Waals surface area contributed by atoms with Gasteiger partial charge in [-0.3, -0.25) is 4.79 Å². The van der Waals surface area contributed by atoms with Crippen LogP contribution in [0.3, 0.4) is 0 Å². The third-order valence-electron chi connectivity index (χ3n) is 5.21. The number of nitrogens with one attached hydrogen (secondary N) is 1. The van der Waals surface area contributed by atoms with Crippen molar-refractivity contribution in [1.29, 1.82) is 0 Å². The molecule has 0 heterocycles. The first kappa shape index (κ1) is 19.7. The van der Waals surface area contributed by atoms with E-state index in [1.54, 1.807) is 0 Å². The van der Waals surface area contributed by atoms with Crippen LogP contribution in [0, 0.1) is 0 Å². The van der Waals surface area contributed by atoms with E-state index in [1.807, 2.05) is 66.7 Å². The molecule has 4 rings (SSSR count). The Balaban J connectivity index is 1.32. The average Bonchev–Trinajstić information content (AvgIpc) is 2.81. The Kier molecular flexibility index (Phi) is 6.41. The van der Waals surface area contributed by atoms with Crippen molar-refractivity contribution in [2.75, 3.05) is 13.2 Å². The molecule has 0 aliphatic heterocycles. The van der Waals surface area contributed by atoms with E-state index < -0.39 is 0 Å². The topological polar surface area (TPSA) is 38.3 Å². The molecule has 0 aliphatic rings. The van der Waals surface area contributed by atoms with E-state index in [1.165, 1.54) is 5.39 Å². The minimum absolute atomic E-state index is 0.0230. The van der Waals surface area contributed by atoms with Crippen LogP contribution in [-0.2, 0) is 4.79 Å². The van der Waals surface area contributed by atoms with Gasteiger partial charge in [0.1, 0.15) is 12.4 Å². The second kappa shape index (κ2) is 9.75. The number of amides is 1. The lowest BCUT2D eigenvalue weighted by Crippen LogP contribution is -2.29. The number of carbonyl (C=O) groups is 1. The molecule has 1 amide bonds. The van der Waals surface area contributed by atoms with Crippen LogP contribution >= 0.6 is 0 Å². The monoisotopic (exact) mass is 395 g/mol. The zero-order valence-corrected chi connectivity index (χ0v) is 16.8. The predicted octanol–water partition coefficient (Wildman–Crippen LogP) is 5.56. The van der Waals surface area contributed by atoms with Crippen LogP contribution in [0.5, 0.6) is 5.75 Å². The molecule has 0 atom stereocenters. The van der Waals surface area contributed by atoms with Gasteiger partial charge in [-0.05, 0) is 34.0 Å². The van der Waals surface area contributed by atoms with E-state index in [-0.39, 0.29) is 11.8 Å². The smallest absolute Gasteiger partial charge is 0.221 e. The average molecular weight is 396 g/mol. The molecule has 0 aromatic heterocycles. The summed E-state index contributed by atoms with van der Waals surface area (Å²) in [7, 11) is 0. The summed E-state index contributed by atoms with van der Waals surface area (Å²) < 4.78 is 5.82. The highest BCUT2D eigenvalue weighted by Crippen LogP contribution is 2.27. The van der Waals surface area contributed by atoms with Crippen molar-refractivity contribution in [3.8, 4) is 5.75 Å². The molecule has 3 nitrogen and oxygen atoms in total. The van der Waals surface area contributed by atoms with Gasteiger partial charge in [0, 0.05) is 12.3 Å². The number of benzene rings is 4. The lowest BCUT2D eigenvalue weighted by atomic mass is 9.88. The third kappa shape index (κ3) is 5.06. The second-order valence-electron chi connectivity index (χ2n) is 7.29. The minimum atomic E-state index is 0.0230. The van der Waals surface area contributed by atoms with Crippen LogP contribution < -0.4 is 10.1 Å². The number of hydrogen-bond donors (Lipinski definition) is 1. The highest BCUT2D eigenvalue weighted by atomic mass is 16.5. The molecule has 4 aromatic carbocycles. The molecule has 0 aliphatic carbocycles. The first-order valence-corrected chi connectivity index (χ1v) is 10.3. The molecule has 0 bridgehead atoms. The Morgan fingerprint density at radius 1 is 0.733 bits per heavy atom. The Hall–Kier alpha value is -3.59. The van der Waals surface area contributed by atoms with Crippen molar-refractivity contribution >= 4 is 16.7 Å². The van der Waals surface area contributed by atoms with Crippen LogP contribution in [0.25, 0.3) is 10.8 Å². The number of ether oxygens (including phenoxy) is 1. The fourth-order valence-electron chi connectivity index (χ4n) is 3.67. The third-order valence-corrected chi connectivity index (χ3v) is 5.21. The Labute approximate surface area is 177 Å². The fourth-order valence-corrected chi connectivity index (χ4v) is 3.67. The maximum absolute atomic E-state index is 12.6. The number of hydrogen-bond acceptors (Lipinski definition) is 2. The number of fused-ring (bicyclic) bond motifs is 1. The van der Waals surface area contributed by atoms with Crippen LogP contribution in [0.4, 0.5) is 0 Å². The fraction of sp³-hybridized carbons (Fsp3) is 0.148. The highest BCUT2D eigenvalue weighted by molar-refractivity contribution is 5.83. The minimum Gasteiger partial charge on any atom is -0.492 e. The van der Waals surface area contributed by atoms with Crippen molar-refractivity contribution in [3.63, 3.8) is 0 Å². The SMILES string of the molecule is O=C(CC(c1ccccc1)c1ccccc1)NCCOc1ccc2ccccc2c1. The summed E-state index contributed by atoms with van der Waals surface area (Å²) in [5, 5.41) is 5.33. The molecule has 0 unspecified atom stereocenters. The van der Waals surface area contributed by atoms with Crippen molar-refractivity contribution in [3.05, 3.63) is 114 Å². The molecular formula is C27H25NO2. The molecule has 150 valence electrons. The molecule has 4 aromatic rings. The molecule has 0 saturated heterocycles. The van der Waals surface area contributed by atoms with Gasteiger partial charge < -0.3 is 10.1 Å². The summed E-state index contributed by atoms with van der Waals surface area (Å²) >= 11 is 0. The van der Waals surface area contributed by atoms with Gasteiger partial charge in [-0.25, -0.2) is 0 Å². The molecular weight excluding hydrogens is 370 g/mol. The van der Waals surface area contributed by atoms with Gasteiger partial charge >= 0.3 is 0 Å². The Morgan fingerprint density at radius 3 is 2.00 bits per heavy atom. The molecule has 0 fully saturated rings. The summed E-state index contributed by atoms with van der Waals surface area (Å²) in [6, 6.07) is 34.6. The summed E-state index contributed by atoms with van der Waals surface area (Å²) in [5.41, 5.74) is 2.29. The van der Waals surface area contributed by atoms with Gasteiger partial charge in [0.25, 0.3) is 0 Å². The standard InChI is InChI=1S/C27H25NO2/c29-27(20-26(22-10-3-1-4-11-22)23-12-5-2-6-13-23)28-17-18-30-25-16-15-21-9-7-8-14-24(21)19-25/h1-16,19,26H,17-18,20H2,(H,28,29). The van der Waals surface area contributed by atoms with Crippen molar-refractivity contribution in [2.45, 2.75) is 12.3 Å². The number of carbonyl (C=O) groups excluding carboxylic acids is 1. The Bertz CT molecular complexity index is 1050. The predicted molar refractivity (Wildman–Crippen MR) is 122 cm³/mol. The van der Waals surface area contributed by atoms with Crippen molar-refractivity contribution < 1.29 is 9.53 Å². The first-order valence-electron chi connectivity index (χ1n) is 10.3. The Morgan fingerprint density at radius 2 is 1.33 bits per heavy atom. The van der Waals surface area contributed by atoms with Gasteiger partial charge in [-0.2, -0.15) is 0 Å². The van der Waals surface area contributed by atoms with Crippen LogP contribution in [-0.4, -0.2) is 19.1 Å². The highest BCUT2D eigenvalue weighted by Gasteiger charge is 2.17. The van der Waals surface area contributed by atoms with E-state index in [9.17, 15) is 4.79 Å². The maximum Gasteiger partial charge on any atom is 0.221 e. The summed E-state index contributed by atoms with van der Waals surface area (Å²) in [6.07, 6.45) is 0.407. The van der Waals surface area contributed by atoms with Crippen LogP contribution in [0.15, 0.2) is 103 Å². The van der Waals surface area contributed by atoms with Gasteiger partial charge in [-0.1, -0.05) is 91.0 Å². The van der Waals surface area contributed by atoms with E-state index >= 15 is 0 Å². The molecule has 3 heteroatoms. The largest absolute Gasteiger partial charge is 0.492 e. The lowest BCUT2D eigenvalue weighted by Gasteiger charge is -2.18. The van der Waals surface area contributed by atoms with E-state index in [4.69, 9.17) is 4.74 Å². The molecule has 0 radical (unpaired) electrons. The summed E-state index contributed by atoms with van der Waals surface area (Å²) in [5.74, 6) is 0.873. The van der Waals surface area contributed by atoms with E-state index in [0.717, 1.165) is 22.3 Å². The van der Waals surface area contributed by atoms with Crippen LogP contribution in [0.2, 0.25) is 0 Å². The lowest BCUT2D eigenvalue weighted by molar-refractivity contribution is -0.121. The maximum atomic E-state index is 12.6. The van der Waals surface area contributed by atoms with Gasteiger partial charge in [0.15, 0.2) is 0 Å². The van der Waals surface area contributed by atoms with Crippen LogP contribution in [0.1, 0.15) is 23.5 Å². The quantitative estimate of drug-likeness (QED) is 0.397. The normalized spacial score (nSPS) is 10.8. The van der Waals surface area contributed by atoms with Gasteiger partial charge in [0.2, 0.25) is 5.91 Å². The molecule has 0 spiro atoms. The van der Waals surface area contributed by atoms with E-state index in [2.05, 4.69) is 41.7 Å². The first-order chi connectivity index (χ1) is 14.8. The second-order valence-corrected chi connectivity index (χ2v) is 7.29. The zero-order valence-electron chi connectivity index (χ0n) is 16.8. The van der Waals surface area contributed by atoms with Crippen molar-refractivity contribution in [1.82, 2.24) is 5.32 Å². The zero-order chi connectivity index (χ0) is 20.6. The summed E-state index contributed by atoms with van der Waals surface area (Å²) in [4.78, 5) is 12.6. The van der Waals surface area contributed by atoms with Crippen molar-refractivity contribution in [2.24, 2.45) is 0 Å². The van der Waals surface area contributed by atoms with E-state index in [0.29, 0.717) is 19.6 Å². The molecule has 0 saturated carbocycles. The van der Waals surface area contributed by atoms with Gasteiger partial charge in [-0.15, -0.1) is 0 Å². The summed E-state index contributed by atoms with van der Waals surface area (Å²) in [6.45, 7) is 0.910. The molecule has 1 N–H and O–H groups in total. The van der Waals surface area contributed by atoms with Gasteiger partial charge in [0.05, 0.1) is 6.54 Å². The molecule has 30 heavy (non-hydrogen) atoms. The number of rotatable bonds is 8.